The normalized spacial score (nSPS) is 17.8. The van der Waals surface area contributed by atoms with Gasteiger partial charge in [-0.15, -0.1) is 0 Å². The molecule has 1 aliphatic heterocycles. The predicted octanol–water partition coefficient (Wildman–Crippen LogP) is 1.24. The maximum atomic E-state index is 5.61. The molecule has 1 aromatic heterocycles. The molecule has 7 nitrogen and oxygen atoms in total. The molecule has 1 N–H and O–H groups in total. The monoisotopic (exact) mass is 334 g/mol. The number of rotatable bonds is 4. The van der Waals surface area contributed by atoms with E-state index in [1.54, 1.807) is 19.5 Å². The number of piperazine rings is 1. The van der Waals surface area contributed by atoms with Gasteiger partial charge in [0.25, 0.3) is 0 Å². The first-order chi connectivity index (χ1) is 11.5. The van der Waals surface area contributed by atoms with E-state index in [0.29, 0.717) is 0 Å². The number of aliphatic imine (C=N–C) groups is 1. The van der Waals surface area contributed by atoms with E-state index in [2.05, 4.69) is 50.8 Å². The van der Waals surface area contributed by atoms with E-state index in [-0.39, 0.29) is 11.5 Å². The van der Waals surface area contributed by atoms with Gasteiger partial charge in [-0.25, -0.2) is 9.97 Å². The van der Waals surface area contributed by atoms with Gasteiger partial charge in [0.05, 0.1) is 6.10 Å². The highest BCUT2D eigenvalue weighted by atomic mass is 16.5. The van der Waals surface area contributed by atoms with Gasteiger partial charge in [0.15, 0.2) is 5.96 Å². The molecule has 0 bridgehead atoms. The molecule has 0 spiro atoms. The SMILES string of the molecule is CN=C(NCC(OC)C(C)(C)C)N1CCN(c2ncccn2)CC1. The Morgan fingerprint density at radius 3 is 2.38 bits per heavy atom. The summed E-state index contributed by atoms with van der Waals surface area (Å²) in [7, 11) is 3.59. The molecule has 0 aromatic carbocycles. The first-order valence-corrected chi connectivity index (χ1v) is 8.46. The van der Waals surface area contributed by atoms with Crippen LogP contribution in [-0.2, 0) is 4.74 Å². The lowest BCUT2D eigenvalue weighted by Crippen LogP contribution is -2.54. The molecule has 1 aromatic rings. The number of guanidine groups is 1. The summed E-state index contributed by atoms with van der Waals surface area (Å²) in [4.78, 5) is 17.5. The van der Waals surface area contributed by atoms with Gasteiger partial charge in [-0.1, -0.05) is 20.8 Å². The molecule has 0 radical (unpaired) electrons. The van der Waals surface area contributed by atoms with E-state index in [0.717, 1.165) is 44.6 Å². The summed E-state index contributed by atoms with van der Waals surface area (Å²) >= 11 is 0. The van der Waals surface area contributed by atoms with E-state index in [4.69, 9.17) is 4.74 Å². The van der Waals surface area contributed by atoms with Crippen LogP contribution in [0.15, 0.2) is 23.5 Å². The largest absolute Gasteiger partial charge is 0.379 e. The van der Waals surface area contributed by atoms with Crippen molar-refractivity contribution in [3.63, 3.8) is 0 Å². The average Bonchev–Trinajstić information content (AvgIpc) is 2.59. The van der Waals surface area contributed by atoms with Crippen molar-refractivity contribution in [2.45, 2.75) is 26.9 Å². The van der Waals surface area contributed by atoms with E-state index in [1.807, 2.05) is 13.1 Å². The number of nitrogens with zero attached hydrogens (tertiary/aromatic N) is 5. The molecule has 0 aliphatic carbocycles. The van der Waals surface area contributed by atoms with Crippen molar-refractivity contribution < 1.29 is 4.74 Å². The van der Waals surface area contributed by atoms with Crippen LogP contribution < -0.4 is 10.2 Å². The van der Waals surface area contributed by atoms with Crippen LogP contribution in [0.2, 0.25) is 0 Å². The van der Waals surface area contributed by atoms with Gasteiger partial charge in [-0.2, -0.15) is 0 Å². The summed E-state index contributed by atoms with van der Waals surface area (Å²) in [5.74, 6) is 1.72. The van der Waals surface area contributed by atoms with Gasteiger partial charge >= 0.3 is 0 Å². The van der Waals surface area contributed by atoms with Crippen LogP contribution in [0.1, 0.15) is 20.8 Å². The minimum Gasteiger partial charge on any atom is -0.379 e. The summed E-state index contributed by atoms with van der Waals surface area (Å²) in [6.07, 6.45) is 3.70. The molecule has 2 heterocycles. The van der Waals surface area contributed by atoms with E-state index in [1.165, 1.54) is 0 Å². The summed E-state index contributed by atoms with van der Waals surface area (Å²) in [5, 5.41) is 3.45. The highest BCUT2D eigenvalue weighted by Gasteiger charge is 2.26. The molecule has 2 rings (SSSR count). The molecule has 7 heteroatoms. The van der Waals surface area contributed by atoms with Crippen LogP contribution >= 0.6 is 0 Å². The Morgan fingerprint density at radius 2 is 1.88 bits per heavy atom. The first kappa shape index (κ1) is 18.4. The van der Waals surface area contributed by atoms with Gasteiger partial charge in [-0.05, 0) is 11.5 Å². The molecule has 24 heavy (non-hydrogen) atoms. The van der Waals surface area contributed by atoms with Crippen molar-refractivity contribution in [3.05, 3.63) is 18.5 Å². The molecule has 0 amide bonds. The number of ether oxygens (including phenoxy) is 1. The number of nitrogens with one attached hydrogen (secondary N) is 1. The number of aromatic nitrogens is 2. The minimum atomic E-state index is 0.0872. The smallest absolute Gasteiger partial charge is 0.225 e. The lowest BCUT2D eigenvalue weighted by atomic mass is 9.89. The Kier molecular flexibility index (Phi) is 6.36. The fraction of sp³-hybridized carbons (Fsp3) is 0.706. The van der Waals surface area contributed by atoms with Gasteiger partial charge in [0, 0.05) is 59.3 Å². The Morgan fingerprint density at radius 1 is 1.25 bits per heavy atom. The zero-order valence-corrected chi connectivity index (χ0v) is 15.5. The van der Waals surface area contributed by atoms with Crippen molar-refractivity contribution in [2.75, 3.05) is 51.8 Å². The van der Waals surface area contributed by atoms with Gasteiger partial charge < -0.3 is 19.9 Å². The first-order valence-electron chi connectivity index (χ1n) is 8.46. The lowest BCUT2D eigenvalue weighted by Gasteiger charge is -2.37. The lowest BCUT2D eigenvalue weighted by molar-refractivity contribution is 0.0201. The highest BCUT2D eigenvalue weighted by molar-refractivity contribution is 5.80. The van der Waals surface area contributed by atoms with Crippen LogP contribution in [0.25, 0.3) is 0 Å². The zero-order chi connectivity index (χ0) is 17.6. The van der Waals surface area contributed by atoms with Crippen molar-refractivity contribution in [3.8, 4) is 0 Å². The number of hydrogen-bond donors (Lipinski definition) is 1. The second kappa shape index (κ2) is 8.28. The summed E-state index contributed by atoms with van der Waals surface area (Å²) in [6, 6.07) is 1.84. The third kappa shape index (κ3) is 4.80. The molecule has 1 aliphatic rings. The Labute approximate surface area is 145 Å². The maximum absolute atomic E-state index is 5.61. The molecule has 0 saturated carbocycles. The second-order valence-electron chi connectivity index (χ2n) is 7.04. The molecule has 134 valence electrons. The van der Waals surface area contributed by atoms with Crippen LogP contribution in [0.3, 0.4) is 0 Å². The van der Waals surface area contributed by atoms with Crippen molar-refractivity contribution in [1.29, 1.82) is 0 Å². The Bertz CT molecular complexity index is 520. The van der Waals surface area contributed by atoms with Crippen molar-refractivity contribution >= 4 is 11.9 Å². The summed E-state index contributed by atoms with van der Waals surface area (Å²) in [5.41, 5.74) is 0.0872. The Hall–Kier alpha value is -1.89. The van der Waals surface area contributed by atoms with Crippen LogP contribution in [-0.4, -0.2) is 73.8 Å². The second-order valence-corrected chi connectivity index (χ2v) is 7.04. The molecular formula is C17H30N6O. The van der Waals surface area contributed by atoms with E-state index in [9.17, 15) is 0 Å². The minimum absolute atomic E-state index is 0.0872. The van der Waals surface area contributed by atoms with Crippen molar-refractivity contribution in [2.24, 2.45) is 10.4 Å². The van der Waals surface area contributed by atoms with Crippen molar-refractivity contribution in [1.82, 2.24) is 20.2 Å². The van der Waals surface area contributed by atoms with Gasteiger partial charge in [-0.3, -0.25) is 4.99 Å². The van der Waals surface area contributed by atoms with E-state index < -0.39 is 0 Å². The molecule has 1 atom stereocenters. The molecule has 1 saturated heterocycles. The number of methoxy groups -OCH3 is 1. The topological polar surface area (TPSA) is 65.9 Å². The van der Waals surface area contributed by atoms with E-state index >= 15 is 0 Å². The predicted molar refractivity (Wildman–Crippen MR) is 97.4 cm³/mol. The average molecular weight is 334 g/mol. The fourth-order valence-electron chi connectivity index (χ4n) is 2.83. The van der Waals surface area contributed by atoms with Crippen LogP contribution in [0.5, 0.6) is 0 Å². The number of hydrogen-bond acceptors (Lipinski definition) is 5. The highest BCUT2D eigenvalue weighted by Crippen LogP contribution is 2.21. The zero-order valence-electron chi connectivity index (χ0n) is 15.5. The third-order valence-corrected chi connectivity index (χ3v) is 4.32. The number of anilines is 1. The summed E-state index contributed by atoms with van der Waals surface area (Å²) in [6.45, 7) is 10.9. The van der Waals surface area contributed by atoms with Crippen LogP contribution in [0.4, 0.5) is 5.95 Å². The van der Waals surface area contributed by atoms with Crippen LogP contribution in [0, 0.1) is 5.41 Å². The molecular weight excluding hydrogens is 304 g/mol. The fourth-order valence-corrected chi connectivity index (χ4v) is 2.83. The van der Waals surface area contributed by atoms with Gasteiger partial charge in [0.1, 0.15) is 0 Å². The Balaban J connectivity index is 1.87. The molecule has 1 unspecified atom stereocenters. The van der Waals surface area contributed by atoms with Gasteiger partial charge in [0.2, 0.25) is 5.95 Å². The third-order valence-electron chi connectivity index (χ3n) is 4.32. The maximum Gasteiger partial charge on any atom is 0.225 e. The quantitative estimate of drug-likeness (QED) is 0.660. The molecule has 1 fully saturated rings. The summed E-state index contributed by atoms with van der Waals surface area (Å²) < 4.78 is 5.61. The standard InChI is InChI=1S/C17H30N6O/c1-17(2,3)14(24-5)13-21-15(18-4)22-9-11-23(12-10-22)16-19-7-6-8-20-16/h6-8,14H,9-13H2,1-5H3,(H,18,21).